The van der Waals surface area contributed by atoms with Crippen LogP contribution in [0.25, 0.3) is 0 Å². The Hall–Kier alpha value is -0.590. The minimum absolute atomic E-state index is 0.0116. The maximum atomic E-state index is 11.1. The molecule has 2 rings (SSSR count). The molecule has 1 aromatic rings. The Balaban J connectivity index is 2.81. The molecule has 0 aliphatic carbocycles. The number of nitrogens with one attached hydrogen (secondary N) is 1. The van der Waals surface area contributed by atoms with Crippen molar-refractivity contribution >= 4 is 38.9 Å². The van der Waals surface area contributed by atoms with E-state index >= 15 is 0 Å². The number of carbonyl (C=O) groups excluding carboxylic acids is 1. The fraction of sp³-hybridized carbons (Fsp3) is 0. The Bertz CT molecular complexity index is 461. The molecule has 0 atom stereocenters. The second kappa shape index (κ2) is 2.21. The van der Waals surface area contributed by atoms with Crippen molar-refractivity contribution in [2.24, 2.45) is 0 Å². The number of carbonyl (C=O) groups is 1. The van der Waals surface area contributed by atoms with E-state index in [1.807, 2.05) is 4.72 Å². The van der Waals surface area contributed by atoms with Gasteiger partial charge in [-0.2, -0.15) is 0 Å². The molecule has 12 heavy (non-hydrogen) atoms. The molecule has 1 aliphatic rings. The van der Waals surface area contributed by atoms with Crippen LogP contribution in [0.4, 0.5) is 0 Å². The van der Waals surface area contributed by atoms with Gasteiger partial charge in [0.2, 0.25) is 0 Å². The van der Waals surface area contributed by atoms with E-state index in [-0.39, 0.29) is 9.77 Å². The van der Waals surface area contributed by atoms with Crippen molar-refractivity contribution in [3.63, 3.8) is 0 Å². The average Bonchev–Trinajstić information content (AvgIpc) is 2.37. The van der Waals surface area contributed by atoms with E-state index in [1.165, 1.54) is 6.07 Å². The third kappa shape index (κ3) is 0.954. The molecule has 0 aromatic carbocycles. The minimum Gasteiger partial charge on any atom is -0.268 e. The van der Waals surface area contributed by atoms with E-state index in [2.05, 4.69) is 0 Å². The number of amides is 1. The van der Waals surface area contributed by atoms with Crippen molar-refractivity contribution in [3.05, 3.63) is 16.0 Å². The summed E-state index contributed by atoms with van der Waals surface area (Å²) in [6.07, 6.45) is 0. The lowest BCUT2D eigenvalue weighted by Crippen LogP contribution is -2.20. The normalized spacial score (nSPS) is 18.9. The van der Waals surface area contributed by atoms with E-state index in [0.29, 0.717) is 4.34 Å². The summed E-state index contributed by atoms with van der Waals surface area (Å²) in [5, 5.41) is 0. The monoisotopic (exact) mass is 223 g/mol. The highest BCUT2D eigenvalue weighted by Crippen LogP contribution is 2.33. The van der Waals surface area contributed by atoms with Crippen LogP contribution in [0.3, 0.4) is 0 Å². The number of hydrogen-bond acceptors (Lipinski definition) is 4. The molecule has 0 saturated heterocycles. The van der Waals surface area contributed by atoms with Gasteiger partial charge in [-0.3, -0.25) is 4.79 Å². The van der Waals surface area contributed by atoms with E-state index in [1.54, 1.807) is 0 Å². The summed E-state index contributed by atoms with van der Waals surface area (Å²) in [4.78, 5) is 11.0. The van der Waals surface area contributed by atoms with Gasteiger partial charge in [0.05, 0.1) is 9.90 Å². The SMILES string of the molecule is O=C1NS(=O)(=O)c2sc(Cl)cc21. The fourth-order valence-electron chi connectivity index (χ4n) is 0.927. The third-order valence-electron chi connectivity index (χ3n) is 1.38. The molecule has 7 heteroatoms. The maximum Gasteiger partial charge on any atom is 0.274 e. The average molecular weight is 224 g/mol. The Labute approximate surface area is 77.2 Å². The lowest BCUT2D eigenvalue weighted by atomic mass is 10.3. The number of hydrogen-bond donors (Lipinski definition) is 1. The summed E-state index contributed by atoms with van der Waals surface area (Å²) in [6, 6.07) is 1.35. The molecule has 1 amide bonds. The first kappa shape index (κ1) is 8.03. The molecular weight excluding hydrogens is 222 g/mol. The zero-order valence-electron chi connectivity index (χ0n) is 5.50. The predicted octanol–water partition coefficient (Wildman–Crippen LogP) is 0.834. The van der Waals surface area contributed by atoms with Gasteiger partial charge in [0.1, 0.15) is 0 Å². The van der Waals surface area contributed by atoms with Crippen molar-refractivity contribution in [1.29, 1.82) is 0 Å². The van der Waals surface area contributed by atoms with E-state index in [9.17, 15) is 13.2 Å². The number of fused-ring (bicyclic) bond motifs is 1. The Morgan fingerprint density at radius 2 is 2.17 bits per heavy atom. The first-order valence-electron chi connectivity index (χ1n) is 2.87. The van der Waals surface area contributed by atoms with Gasteiger partial charge in [-0.05, 0) is 6.07 Å². The lowest BCUT2D eigenvalue weighted by molar-refractivity contribution is 0.0985. The first-order valence-corrected chi connectivity index (χ1v) is 5.55. The number of sulfonamides is 1. The number of thiophene rings is 1. The van der Waals surface area contributed by atoms with E-state index < -0.39 is 15.9 Å². The van der Waals surface area contributed by atoms with Crippen LogP contribution in [0.1, 0.15) is 10.4 Å². The molecule has 0 spiro atoms. The highest BCUT2D eigenvalue weighted by molar-refractivity contribution is 7.92. The van der Waals surface area contributed by atoms with Crippen molar-refractivity contribution < 1.29 is 13.2 Å². The van der Waals surface area contributed by atoms with Crippen LogP contribution in [0, 0.1) is 0 Å². The van der Waals surface area contributed by atoms with Crippen LogP contribution in [-0.2, 0) is 10.0 Å². The van der Waals surface area contributed by atoms with Crippen LogP contribution in [0.15, 0.2) is 10.3 Å². The largest absolute Gasteiger partial charge is 0.274 e. The Morgan fingerprint density at radius 3 is 2.75 bits per heavy atom. The summed E-state index contributed by atoms with van der Waals surface area (Å²) in [5.74, 6) is -0.604. The van der Waals surface area contributed by atoms with Crippen LogP contribution in [0.2, 0.25) is 4.34 Å². The van der Waals surface area contributed by atoms with E-state index in [0.717, 1.165) is 11.3 Å². The van der Waals surface area contributed by atoms with Crippen LogP contribution < -0.4 is 4.72 Å². The van der Waals surface area contributed by atoms with Crippen LogP contribution >= 0.6 is 22.9 Å². The zero-order valence-corrected chi connectivity index (χ0v) is 7.89. The number of halogens is 1. The second-order valence-corrected chi connectivity index (χ2v) is 5.75. The Morgan fingerprint density at radius 1 is 1.50 bits per heavy atom. The molecule has 1 aliphatic heterocycles. The molecule has 1 aromatic heterocycles. The topological polar surface area (TPSA) is 63.2 Å². The van der Waals surface area contributed by atoms with Gasteiger partial charge < -0.3 is 0 Å². The van der Waals surface area contributed by atoms with Gasteiger partial charge in [-0.15, -0.1) is 11.3 Å². The highest BCUT2D eigenvalue weighted by atomic mass is 35.5. The van der Waals surface area contributed by atoms with Crippen molar-refractivity contribution in [3.8, 4) is 0 Å². The summed E-state index contributed by atoms with van der Waals surface area (Å²) in [7, 11) is -3.60. The molecule has 0 radical (unpaired) electrons. The first-order chi connectivity index (χ1) is 5.50. The predicted molar refractivity (Wildman–Crippen MR) is 44.0 cm³/mol. The number of rotatable bonds is 0. The molecule has 4 nitrogen and oxygen atoms in total. The zero-order chi connectivity index (χ0) is 8.93. The maximum absolute atomic E-state index is 11.1. The van der Waals surface area contributed by atoms with Crippen molar-refractivity contribution in [1.82, 2.24) is 4.72 Å². The van der Waals surface area contributed by atoms with Crippen molar-refractivity contribution in [2.75, 3.05) is 0 Å². The molecule has 1 N–H and O–H groups in total. The molecule has 0 unspecified atom stereocenters. The van der Waals surface area contributed by atoms with Gasteiger partial charge in [-0.1, -0.05) is 11.6 Å². The molecule has 64 valence electrons. The summed E-state index contributed by atoms with van der Waals surface area (Å²) >= 11 is 6.43. The smallest absolute Gasteiger partial charge is 0.268 e. The quantitative estimate of drug-likeness (QED) is 0.709. The fourth-order valence-corrected chi connectivity index (χ4v) is 3.74. The van der Waals surface area contributed by atoms with Gasteiger partial charge in [0.25, 0.3) is 15.9 Å². The van der Waals surface area contributed by atoms with Crippen LogP contribution in [-0.4, -0.2) is 14.3 Å². The molecule has 2 heterocycles. The summed E-state index contributed by atoms with van der Waals surface area (Å²) in [6.45, 7) is 0. The summed E-state index contributed by atoms with van der Waals surface area (Å²) in [5.41, 5.74) is 0.144. The van der Waals surface area contributed by atoms with Gasteiger partial charge in [-0.25, -0.2) is 13.1 Å². The molecule has 0 fully saturated rings. The van der Waals surface area contributed by atoms with E-state index in [4.69, 9.17) is 11.6 Å². The standard InChI is InChI=1S/C5H2ClNO3S2/c6-3-1-2-4(8)7-12(9,10)5(2)11-3/h1H,(H,7,8). The minimum atomic E-state index is -3.60. The van der Waals surface area contributed by atoms with Crippen LogP contribution in [0.5, 0.6) is 0 Å². The molecular formula is C5H2ClNO3S2. The van der Waals surface area contributed by atoms with Gasteiger partial charge in [0, 0.05) is 0 Å². The summed E-state index contributed by atoms with van der Waals surface area (Å²) < 4.78 is 24.4. The Kier molecular flexibility index (Phi) is 1.48. The van der Waals surface area contributed by atoms with Crippen molar-refractivity contribution in [2.45, 2.75) is 4.21 Å². The lowest BCUT2D eigenvalue weighted by Gasteiger charge is -1.90. The molecule has 0 saturated carbocycles. The van der Waals surface area contributed by atoms with Gasteiger partial charge >= 0.3 is 0 Å². The molecule has 0 bridgehead atoms. The third-order valence-corrected chi connectivity index (χ3v) is 4.51. The highest BCUT2D eigenvalue weighted by Gasteiger charge is 2.34. The van der Waals surface area contributed by atoms with Gasteiger partial charge in [0.15, 0.2) is 4.21 Å². The second-order valence-electron chi connectivity index (χ2n) is 2.19.